The molecule has 0 atom stereocenters. The van der Waals surface area contributed by atoms with Crippen molar-refractivity contribution in [2.24, 2.45) is 0 Å². The van der Waals surface area contributed by atoms with E-state index in [1.54, 1.807) is 41.0 Å². The first kappa shape index (κ1) is 30.0. The lowest BCUT2D eigenvalue weighted by atomic mass is 9.99. The second-order valence-electron chi connectivity index (χ2n) is 11.7. The lowest BCUT2D eigenvalue weighted by Gasteiger charge is -2.16. The van der Waals surface area contributed by atoms with E-state index in [1.807, 2.05) is 43.3 Å². The fourth-order valence-electron chi connectivity index (χ4n) is 4.73. The quantitative estimate of drug-likeness (QED) is 0.0987. The number of methoxy groups -OCH3 is 1. The maximum absolute atomic E-state index is 15.7. The van der Waals surface area contributed by atoms with Gasteiger partial charge in [-0.3, -0.25) is 4.57 Å². The molecule has 0 amide bonds. The predicted octanol–water partition coefficient (Wildman–Crippen LogP) is 8.41. The van der Waals surface area contributed by atoms with Gasteiger partial charge in [-0.1, -0.05) is 68.2 Å². The number of hydrogen-bond donors (Lipinski definition) is 1. The van der Waals surface area contributed by atoms with Crippen molar-refractivity contribution in [3.63, 3.8) is 0 Å². The minimum absolute atomic E-state index is 0.125. The number of benzene rings is 4. The molecule has 0 aliphatic rings. The summed E-state index contributed by atoms with van der Waals surface area (Å²) in [6.45, 7) is 9.34. The summed E-state index contributed by atoms with van der Waals surface area (Å²) in [5.74, 6) is -0.308. The number of phenols is 1. The van der Waals surface area contributed by atoms with Crippen molar-refractivity contribution >= 4 is 25.1 Å². The number of aryl methyl sites for hydroxylation is 1. The van der Waals surface area contributed by atoms with Gasteiger partial charge in [-0.25, -0.2) is 9.18 Å². The van der Waals surface area contributed by atoms with E-state index in [1.165, 1.54) is 13.2 Å². The van der Waals surface area contributed by atoms with Crippen molar-refractivity contribution in [3.8, 4) is 39.8 Å². The Hall–Kier alpha value is -4.47. The Morgan fingerprint density at radius 3 is 2.33 bits per heavy atom. The first-order valence-electron chi connectivity index (χ1n) is 14.1. The summed E-state index contributed by atoms with van der Waals surface area (Å²) in [5.41, 5.74) is 4.77. The molecule has 0 aliphatic heterocycles. The molecule has 0 aliphatic carbocycles. The fraction of sp³-hybridized carbons (Fsp3) is 0.235. The summed E-state index contributed by atoms with van der Waals surface area (Å²) in [6, 6.07) is 23.9. The van der Waals surface area contributed by atoms with Crippen LogP contribution in [0.1, 0.15) is 15.9 Å². The molecule has 0 unspecified atom stereocenters. The molecule has 1 aromatic heterocycles. The van der Waals surface area contributed by atoms with Gasteiger partial charge in [0.15, 0.2) is 0 Å². The van der Waals surface area contributed by atoms with E-state index in [0.717, 1.165) is 17.2 Å². The second-order valence-corrected chi connectivity index (χ2v) is 17.3. The van der Waals surface area contributed by atoms with E-state index >= 15 is 4.39 Å². The number of hydrogen-bond acceptors (Lipinski definition) is 6. The highest BCUT2D eigenvalue weighted by molar-refractivity contribution is 6.76. The Morgan fingerprint density at radius 2 is 1.65 bits per heavy atom. The van der Waals surface area contributed by atoms with Crippen LogP contribution in [0.25, 0.3) is 33.3 Å². The summed E-state index contributed by atoms with van der Waals surface area (Å²) in [6.07, 6.45) is 0. The number of esters is 1. The number of aromatic hydroxyl groups is 1. The van der Waals surface area contributed by atoms with Gasteiger partial charge >= 0.3 is 12.0 Å². The zero-order chi connectivity index (χ0) is 30.7. The number of rotatable bonds is 10. The standard InChI is InChI=1S/C34H35FN2O5Si/c1-22-10-15-25(18-27(22)33(39)40-2)42-34-36-30-19-28(24-13-11-23(12-14-24)26-8-6-7-9-32(26)38)29(35)20-31(30)37(34)21-41-16-17-43(3,4)5/h6-15,18-20,38H,16-17,21H2,1-5H3. The average Bonchev–Trinajstić information content (AvgIpc) is 3.30. The summed E-state index contributed by atoms with van der Waals surface area (Å²) < 4.78 is 34.5. The SMILES string of the molecule is COC(=O)c1cc(Oc2nc3cc(-c4ccc(-c5ccccc5O)cc4)c(F)cc3n2COCC[Si](C)(C)C)ccc1C. The van der Waals surface area contributed by atoms with Crippen LogP contribution in [-0.2, 0) is 16.2 Å². The Morgan fingerprint density at radius 1 is 0.953 bits per heavy atom. The number of fused-ring (bicyclic) bond motifs is 1. The highest BCUT2D eigenvalue weighted by Crippen LogP contribution is 2.35. The zero-order valence-corrected chi connectivity index (χ0v) is 26.0. The van der Waals surface area contributed by atoms with Crippen LogP contribution in [0.4, 0.5) is 4.39 Å². The van der Waals surface area contributed by atoms with E-state index in [-0.39, 0.29) is 18.5 Å². The first-order chi connectivity index (χ1) is 20.5. The van der Waals surface area contributed by atoms with E-state index in [4.69, 9.17) is 19.2 Å². The molecule has 5 rings (SSSR count). The van der Waals surface area contributed by atoms with Crippen LogP contribution >= 0.6 is 0 Å². The zero-order valence-electron chi connectivity index (χ0n) is 25.0. The van der Waals surface area contributed by atoms with Crippen molar-refractivity contribution < 1.29 is 28.5 Å². The van der Waals surface area contributed by atoms with Crippen molar-refractivity contribution in [3.05, 3.63) is 95.8 Å². The van der Waals surface area contributed by atoms with Crippen LogP contribution in [0.2, 0.25) is 25.7 Å². The summed E-state index contributed by atoms with van der Waals surface area (Å²) in [7, 11) is 0.0156. The third-order valence-electron chi connectivity index (χ3n) is 7.25. The van der Waals surface area contributed by atoms with E-state index in [2.05, 4.69) is 19.6 Å². The number of nitrogens with zero attached hydrogens (tertiary/aromatic N) is 2. The molecule has 7 nitrogen and oxygen atoms in total. The van der Waals surface area contributed by atoms with Crippen molar-refractivity contribution in [2.45, 2.75) is 39.3 Å². The molecule has 9 heteroatoms. The molecular weight excluding hydrogens is 563 g/mol. The largest absolute Gasteiger partial charge is 0.507 e. The molecular formula is C34H35FN2O5Si. The van der Waals surface area contributed by atoms with Crippen molar-refractivity contribution in [2.75, 3.05) is 13.7 Å². The normalized spacial score (nSPS) is 11.6. The Labute approximate surface area is 251 Å². The Bertz CT molecular complexity index is 1780. The summed E-state index contributed by atoms with van der Waals surface area (Å²) >= 11 is 0. The van der Waals surface area contributed by atoms with Gasteiger partial charge in [0.1, 0.15) is 24.0 Å². The third-order valence-corrected chi connectivity index (χ3v) is 8.96. The third kappa shape index (κ3) is 6.79. The highest BCUT2D eigenvalue weighted by Gasteiger charge is 2.19. The summed E-state index contributed by atoms with van der Waals surface area (Å²) in [4.78, 5) is 17.0. The molecule has 5 aromatic rings. The molecule has 222 valence electrons. The van der Waals surface area contributed by atoms with Crippen LogP contribution in [0.3, 0.4) is 0 Å². The van der Waals surface area contributed by atoms with Crippen LogP contribution < -0.4 is 4.74 Å². The Kier molecular flexibility index (Phi) is 8.66. The van der Waals surface area contributed by atoms with E-state index < -0.39 is 19.9 Å². The smallest absolute Gasteiger partial charge is 0.338 e. The fourth-order valence-corrected chi connectivity index (χ4v) is 5.49. The number of aromatic nitrogens is 2. The molecule has 4 aromatic carbocycles. The van der Waals surface area contributed by atoms with Gasteiger partial charge in [-0.2, -0.15) is 4.98 Å². The average molecular weight is 599 g/mol. The molecule has 0 fully saturated rings. The van der Waals surface area contributed by atoms with Crippen molar-refractivity contribution in [1.29, 1.82) is 0 Å². The minimum Gasteiger partial charge on any atom is -0.507 e. The van der Waals surface area contributed by atoms with Gasteiger partial charge in [0, 0.05) is 31.9 Å². The second kappa shape index (κ2) is 12.4. The molecule has 1 heterocycles. The van der Waals surface area contributed by atoms with Gasteiger partial charge in [-0.15, -0.1) is 0 Å². The summed E-state index contributed by atoms with van der Waals surface area (Å²) in [5, 5.41) is 10.2. The van der Waals surface area contributed by atoms with E-state index in [9.17, 15) is 9.90 Å². The number of ether oxygens (including phenoxy) is 3. The van der Waals surface area contributed by atoms with Crippen LogP contribution in [0.15, 0.2) is 78.9 Å². The highest BCUT2D eigenvalue weighted by atomic mass is 28.3. The monoisotopic (exact) mass is 598 g/mol. The van der Waals surface area contributed by atoms with Crippen LogP contribution in [0.5, 0.6) is 17.5 Å². The van der Waals surface area contributed by atoms with Crippen LogP contribution in [0, 0.1) is 12.7 Å². The van der Waals surface area contributed by atoms with Gasteiger partial charge in [0.25, 0.3) is 0 Å². The molecule has 0 bridgehead atoms. The maximum Gasteiger partial charge on any atom is 0.338 e. The number of para-hydroxylation sites is 1. The van der Waals surface area contributed by atoms with Gasteiger partial charge in [0.2, 0.25) is 0 Å². The van der Waals surface area contributed by atoms with Crippen LogP contribution in [-0.4, -0.2) is 42.4 Å². The number of carbonyl (C=O) groups is 1. The minimum atomic E-state index is -1.32. The first-order valence-corrected chi connectivity index (χ1v) is 17.8. The van der Waals surface area contributed by atoms with Gasteiger partial charge in [0.05, 0.1) is 23.7 Å². The molecule has 0 saturated heterocycles. The van der Waals surface area contributed by atoms with E-state index in [0.29, 0.717) is 45.6 Å². The van der Waals surface area contributed by atoms with Gasteiger partial charge in [-0.05, 0) is 53.9 Å². The lowest BCUT2D eigenvalue weighted by molar-refractivity contribution is 0.0599. The molecule has 43 heavy (non-hydrogen) atoms. The molecule has 0 radical (unpaired) electrons. The maximum atomic E-state index is 15.7. The number of carbonyl (C=O) groups excluding carboxylic acids is 1. The number of phenolic OH excluding ortho intramolecular Hbond substituents is 1. The molecule has 0 spiro atoms. The lowest BCUT2D eigenvalue weighted by Crippen LogP contribution is -2.22. The topological polar surface area (TPSA) is 82.8 Å². The Balaban J connectivity index is 1.51. The van der Waals surface area contributed by atoms with Gasteiger partial charge < -0.3 is 19.3 Å². The predicted molar refractivity (Wildman–Crippen MR) is 169 cm³/mol. The van der Waals surface area contributed by atoms with Crippen molar-refractivity contribution in [1.82, 2.24) is 9.55 Å². The molecule has 1 N–H and O–H groups in total. The number of imidazole rings is 1. The molecule has 0 saturated carbocycles. The number of halogens is 1.